The standard InChI is InChI=1S/C21H17N3O4S/c25-19-10-14(13-3-1-2-4-15(13)22-19)20(26)24-21-23-16(11-29-21)12-5-6-17-18(9-12)28-8-7-27-17/h1-6,9,11,14H,7-8,10H2,(H,22,25)(H,23,24,26). The van der Waals surface area contributed by atoms with Gasteiger partial charge in [-0.3, -0.25) is 9.59 Å². The Bertz CT molecular complexity index is 1110. The minimum absolute atomic E-state index is 0.114. The van der Waals surface area contributed by atoms with Crippen LogP contribution < -0.4 is 20.1 Å². The average molecular weight is 407 g/mol. The summed E-state index contributed by atoms with van der Waals surface area (Å²) in [5.74, 6) is 0.465. The van der Waals surface area contributed by atoms with E-state index in [-0.39, 0.29) is 18.2 Å². The number of nitrogens with zero attached hydrogens (tertiary/aromatic N) is 1. The molecule has 2 amide bonds. The normalized spacial score (nSPS) is 17.2. The van der Waals surface area contributed by atoms with E-state index in [1.807, 2.05) is 41.8 Å². The molecule has 0 bridgehead atoms. The molecule has 7 nitrogen and oxygen atoms in total. The van der Waals surface area contributed by atoms with Gasteiger partial charge in [-0.25, -0.2) is 4.98 Å². The van der Waals surface area contributed by atoms with Crippen molar-refractivity contribution in [1.29, 1.82) is 0 Å². The maximum atomic E-state index is 12.9. The molecule has 1 unspecified atom stereocenters. The lowest BCUT2D eigenvalue weighted by atomic mass is 9.90. The Morgan fingerprint density at radius 2 is 1.97 bits per heavy atom. The lowest BCUT2D eigenvalue weighted by Gasteiger charge is -2.24. The van der Waals surface area contributed by atoms with E-state index in [2.05, 4.69) is 15.6 Å². The van der Waals surface area contributed by atoms with Crippen molar-refractivity contribution in [3.8, 4) is 22.8 Å². The number of hydrogen-bond acceptors (Lipinski definition) is 6. The van der Waals surface area contributed by atoms with Crippen LogP contribution in [-0.4, -0.2) is 30.0 Å². The molecule has 2 aromatic carbocycles. The van der Waals surface area contributed by atoms with Crippen molar-refractivity contribution in [1.82, 2.24) is 4.98 Å². The van der Waals surface area contributed by atoms with Crippen molar-refractivity contribution >= 4 is 34.0 Å². The summed E-state index contributed by atoms with van der Waals surface area (Å²) in [7, 11) is 0. The molecular formula is C21H17N3O4S. The molecule has 1 aromatic heterocycles. The topological polar surface area (TPSA) is 89.6 Å². The number of amides is 2. The fourth-order valence-corrected chi connectivity index (χ4v) is 4.23. The van der Waals surface area contributed by atoms with Gasteiger partial charge in [-0.2, -0.15) is 0 Å². The molecule has 2 aliphatic rings. The summed E-state index contributed by atoms with van der Waals surface area (Å²) in [4.78, 5) is 29.4. The van der Waals surface area contributed by atoms with E-state index in [0.717, 1.165) is 22.6 Å². The summed E-state index contributed by atoms with van der Waals surface area (Å²) in [5, 5.41) is 8.03. The second kappa shape index (κ2) is 7.21. The van der Waals surface area contributed by atoms with E-state index >= 15 is 0 Å². The van der Waals surface area contributed by atoms with Crippen LogP contribution in [0.15, 0.2) is 47.8 Å². The van der Waals surface area contributed by atoms with Crippen molar-refractivity contribution in [2.75, 3.05) is 23.8 Å². The molecule has 5 rings (SSSR count). The predicted octanol–water partition coefficient (Wildman–Crippen LogP) is 3.65. The van der Waals surface area contributed by atoms with Crippen molar-refractivity contribution in [3.05, 3.63) is 53.4 Å². The monoisotopic (exact) mass is 407 g/mol. The first kappa shape index (κ1) is 17.7. The quantitative estimate of drug-likeness (QED) is 0.692. The van der Waals surface area contributed by atoms with Crippen LogP contribution in [-0.2, 0) is 9.59 Å². The van der Waals surface area contributed by atoms with Crippen LogP contribution in [0.3, 0.4) is 0 Å². The summed E-state index contributed by atoms with van der Waals surface area (Å²) in [5.41, 5.74) is 3.12. The number of carbonyl (C=O) groups is 2. The third kappa shape index (κ3) is 3.42. The Morgan fingerprint density at radius 3 is 2.86 bits per heavy atom. The number of thiazole rings is 1. The molecule has 0 fully saturated rings. The molecule has 8 heteroatoms. The molecule has 0 spiro atoms. The van der Waals surface area contributed by atoms with Gasteiger partial charge in [0, 0.05) is 23.1 Å². The number of anilines is 2. The Morgan fingerprint density at radius 1 is 1.14 bits per heavy atom. The second-order valence-electron chi connectivity index (χ2n) is 6.78. The van der Waals surface area contributed by atoms with Crippen LogP contribution in [0.1, 0.15) is 17.9 Å². The highest BCUT2D eigenvalue weighted by Crippen LogP contribution is 2.36. The highest BCUT2D eigenvalue weighted by molar-refractivity contribution is 7.14. The van der Waals surface area contributed by atoms with Crippen LogP contribution in [0.2, 0.25) is 0 Å². The van der Waals surface area contributed by atoms with Gasteiger partial charge in [0.05, 0.1) is 11.6 Å². The van der Waals surface area contributed by atoms with E-state index in [1.54, 1.807) is 6.07 Å². The number of carbonyl (C=O) groups excluding carboxylic acids is 2. The highest BCUT2D eigenvalue weighted by Gasteiger charge is 2.30. The van der Waals surface area contributed by atoms with Gasteiger partial charge >= 0.3 is 0 Å². The van der Waals surface area contributed by atoms with E-state index < -0.39 is 5.92 Å². The molecule has 0 aliphatic carbocycles. The number of fused-ring (bicyclic) bond motifs is 2. The van der Waals surface area contributed by atoms with Gasteiger partial charge in [0.15, 0.2) is 16.6 Å². The number of para-hydroxylation sites is 1. The third-order valence-corrected chi connectivity index (χ3v) is 5.65. The summed E-state index contributed by atoms with van der Waals surface area (Å²) in [6.07, 6.45) is 0.114. The molecule has 1 atom stereocenters. The highest BCUT2D eigenvalue weighted by atomic mass is 32.1. The van der Waals surface area contributed by atoms with E-state index in [4.69, 9.17) is 9.47 Å². The minimum Gasteiger partial charge on any atom is -0.486 e. The summed E-state index contributed by atoms with van der Waals surface area (Å²) >= 11 is 1.34. The maximum absolute atomic E-state index is 12.9. The fourth-order valence-electron chi connectivity index (χ4n) is 3.50. The van der Waals surface area contributed by atoms with E-state index in [9.17, 15) is 9.59 Å². The zero-order valence-electron chi connectivity index (χ0n) is 15.3. The molecular weight excluding hydrogens is 390 g/mol. The number of nitrogens with one attached hydrogen (secondary N) is 2. The lowest BCUT2D eigenvalue weighted by molar-refractivity contribution is -0.123. The van der Waals surface area contributed by atoms with Crippen LogP contribution in [0, 0.1) is 0 Å². The molecule has 0 saturated carbocycles. The van der Waals surface area contributed by atoms with Crippen LogP contribution in [0.4, 0.5) is 10.8 Å². The first-order valence-corrected chi connectivity index (χ1v) is 10.1. The van der Waals surface area contributed by atoms with Gasteiger partial charge in [0.1, 0.15) is 13.2 Å². The van der Waals surface area contributed by atoms with Gasteiger partial charge in [-0.15, -0.1) is 11.3 Å². The van der Waals surface area contributed by atoms with Gasteiger partial charge in [-0.05, 0) is 29.8 Å². The van der Waals surface area contributed by atoms with Gasteiger partial charge < -0.3 is 20.1 Å². The average Bonchev–Trinajstić information content (AvgIpc) is 3.21. The van der Waals surface area contributed by atoms with Gasteiger partial charge in [-0.1, -0.05) is 18.2 Å². The van der Waals surface area contributed by atoms with Gasteiger partial charge in [0.2, 0.25) is 11.8 Å². The predicted molar refractivity (Wildman–Crippen MR) is 110 cm³/mol. The van der Waals surface area contributed by atoms with Gasteiger partial charge in [0.25, 0.3) is 0 Å². The molecule has 2 N–H and O–H groups in total. The number of aromatic nitrogens is 1. The second-order valence-corrected chi connectivity index (χ2v) is 7.64. The Balaban J connectivity index is 1.35. The molecule has 3 aromatic rings. The summed E-state index contributed by atoms with van der Waals surface area (Å²) in [6.45, 7) is 1.06. The van der Waals surface area contributed by atoms with Crippen LogP contribution in [0.25, 0.3) is 11.3 Å². The van der Waals surface area contributed by atoms with Crippen LogP contribution in [0.5, 0.6) is 11.5 Å². The largest absolute Gasteiger partial charge is 0.486 e. The van der Waals surface area contributed by atoms with E-state index in [0.29, 0.717) is 29.8 Å². The molecule has 0 saturated heterocycles. The SMILES string of the molecule is O=C1CC(C(=O)Nc2nc(-c3ccc4c(c3)OCCO4)cs2)c2ccccc2N1. The summed E-state index contributed by atoms with van der Waals surface area (Å²) in [6, 6.07) is 13.0. The van der Waals surface area contributed by atoms with E-state index in [1.165, 1.54) is 11.3 Å². The van der Waals surface area contributed by atoms with Crippen molar-refractivity contribution in [2.24, 2.45) is 0 Å². The van der Waals surface area contributed by atoms with Crippen molar-refractivity contribution in [3.63, 3.8) is 0 Å². The fraction of sp³-hybridized carbons (Fsp3) is 0.190. The number of rotatable bonds is 3. The Hall–Kier alpha value is -3.39. The first-order chi connectivity index (χ1) is 14.2. The zero-order chi connectivity index (χ0) is 19.8. The Kier molecular flexibility index (Phi) is 4.40. The minimum atomic E-state index is -0.540. The number of benzene rings is 2. The number of ether oxygens (including phenoxy) is 2. The molecule has 0 radical (unpaired) electrons. The first-order valence-electron chi connectivity index (χ1n) is 9.22. The molecule has 2 aliphatic heterocycles. The molecule has 3 heterocycles. The zero-order valence-corrected chi connectivity index (χ0v) is 16.1. The molecule has 29 heavy (non-hydrogen) atoms. The third-order valence-electron chi connectivity index (χ3n) is 4.89. The smallest absolute Gasteiger partial charge is 0.234 e. The van der Waals surface area contributed by atoms with Crippen molar-refractivity contribution in [2.45, 2.75) is 12.3 Å². The summed E-state index contributed by atoms with van der Waals surface area (Å²) < 4.78 is 11.2. The van der Waals surface area contributed by atoms with Crippen molar-refractivity contribution < 1.29 is 19.1 Å². The van der Waals surface area contributed by atoms with Crippen LogP contribution >= 0.6 is 11.3 Å². The molecule has 146 valence electrons. The lowest BCUT2D eigenvalue weighted by Crippen LogP contribution is -2.30. The maximum Gasteiger partial charge on any atom is 0.234 e. The number of hydrogen-bond donors (Lipinski definition) is 2. The Labute approximate surface area is 170 Å².